The van der Waals surface area contributed by atoms with Crippen molar-refractivity contribution in [3.05, 3.63) is 54.6 Å². The van der Waals surface area contributed by atoms with Crippen molar-refractivity contribution in [3.63, 3.8) is 0 Å². The van der Waals surface area contributed by atoms with Crippen LogP contribution in [0.15, 0.2) is 54.6 Å². The zero-order valence-corrected chi connectivity index (χ0v) is 17.3. The first-order chi connectivity index (χ1) is 13.2. The van der Waals surface area contributed by atoms with E-state index in [1.165, 1.54) is 0 Å². The normalized spacial score (nSPS) is 13.3. The lowest BCUT2D eigenvalue weighted by atomic mass is 10.2. The van der Waals surface area contributed by atoms with Crippen LogP contribution in [0, 0.1) is 0 Å². The minimum atomic E-state index is -3.63. The lowest BCUT2D eigenvalue weighted by Gasteiger charge is -2.29. The molecule has 7 nitrogen and oxygen atoms in total. The molecule has 1 N–H and O–H groups in total. The molecule has 0 bridgehead atoms. The summed E-state index contributed by atoms with van der Waals surface area (Å²) in [6.45, 7) is 3.59. The maximum atomic E-state index is 12.6. The number of benzene rings is 2. The summed E-state index contributed by atoms with van der Waals surface area (Å²) >= 11 is 0. The smallest absolute Gasteiger partial charge is 0.243 e. The number of rotatable bonds is 9. The number of amides is 1. The van der Waals surface area contributed by atoms with Gasteiger partial charge in [0.15, 0.2) is 0 Å². The third-order valence-electron chi connectivity index (χ3n) is 4.05. The van der Waals surface area contributed by atoms with Crippen molar-refractivity contribution >= 4 is 21.6 Å². The number of carbonyl (C=O) groups is 1. The number of nitrogens with zero attached hydrogens (tertiary/aromatic N) is 1. The number of carbonyl (C=O) groups excluding carboxylic acids is 1. The van der Waals surface area contributed by atoms with E-state index in [-0.39, 0.29) is 12.6 Å². The molecule has 0 radical (unpaired) electrons. The summed E-state index contributed by atoms with van der Waals surface area (Å²) in [6.07, 6.45) is 1.08. The van der Waals surface area contributed by atoms with Gasteiger partial charge in [0.1, 0.15) is 24.1 Å². The van der Waals surface area contributed by atoms with Crippen LogP contribution in [0.2, 0.25) is 0 Å². The van der Waals surface area contributed by atoms with Crippen LogP contribution in [0.25, 0.3) is 0 Å². The molecule has 28 heavy (non-hydrogen) atoms. The van der Waals surface area contributed by atoms with Gasteiger partial charge in [-0.05, 0) is 50.2 Å². The van der Waals surface area contributed by atoms with Crippen LogP contribution in [0.1, 0.15) is 13.8 Å². The van der Waals surface area contributed by atoms with E-state index < -0.39 is 22.0 Å². The maximum Gasteiger partial charge on any atom is 0.243 e. The van der Waals surface area contributed by atoms with Crippen LogP contribution in [0.3, 0.4) is 0 Å². The second-order valence-corrected chi connectivity index (χ2v) is 8.33. The van der Waals surface area contributed by atoms with Crippen LogP contribution in [-0.4, -0.2) is 46.4 Å². The minimum absolute atomic E-state index is 0.245. The quantitative estimate of drug-likeness (QED) is 0.691. The average Bonchev–Trinajstić information content (AvgIpc) is 2.66. The first-order valence-corrected chi connectivity index (χ1v) is 10.7. The first kappa shape index (κ1) is 21.6. The van der Waals surface area contributed by atoms with Gasteiger partial charge in [-0.2, -0.15) is 0 Å². The maximum absolute atomic E-state index is 12.6. The summed E-state index contributed by atoms with van der Waals surface area (Å²) in [6, 6.07) is 14.4. The van der Waals surface area contributed by atoms with Crippen molar-refractivity contribution < 1.29 is 22.7 Å². The van der Waals surface area contributed by atoms with Crippen LogP contribution in [0.5, 0.6) is 11.5 Å². The number of para-hydroxylation sites is 1. The molecule has 152 valence electrons. The number of ether oxygens (including phenoxy) is 2. The molecular weight excluding hydrogens is 380 g/mol. The second-order valence-electron chi connectivity index (χ2n) is 6.47. The lowest BCUT2D eigenvalue weighted by molar-refractivity contribution is -0.122. The standard InChI is InChI=1S/C20H26N2O5S/c1-15(14-27-19-12-10-18(26-3)11-13-19)21-20(23)16(2)22(28(4,24)25)17-8-6-5-7-9-17/h5-13,15-16H,14H2,1-4H3,(H,21,23)/t15-,16-/m0/s1. The Kier molecular flexibility index (Phi) is 7.28. The van der Waals surface area contributed by atoms with Gasteiger partial charge < -0.3 is 14.8 Å². The van der Waals surface area contributed by atoms with E-state index in [2.05, 4.69) is 5.32 Å². The Balaban J connectivity index is 1.99. The Morgan fingerprint density at radius 1 is 1.04 bits per heavy atom. The van der Waals surface area contributed by atoms with Crippen molar-refractivity contribution in [2.75, 3.05) is 24.3 Å². The molecule has 8 heteroatoms. The molecule has 2 rings (SSSR count). The zero-order chi connectivity index (χ0) is 20.7. The highest BCUT2D eigenvalue weighted by atomic mass is 32.2. The van der Waals surface area contributed by atoms with Gasteiger partial charge in [0, 0.05) is 0 Å². The monoisotopic (exact) mass is 406 g/mol. The Hall–Kier alpha value is -2.74. The number of anilines is 1. The molecule has 0 saturated carbocycles. The summed E-state index contributed by atoms with van der Waals surface area (Å²) in [5.41, 5.74) is 0.440. The topological polar surface area (TPSA) is 84.9 Å². The molecule has 0 unspecified atom stereocenters. The highest BCUT2D eigenvalue weighted by molar-refractivity contribution is 7.92. The molecule has 0 aliphatic rings. The van der Waals surface area contributed by atoms with Gasteiger partial charge >= 0.3 is 0 Å². The van der Waals surface area contributed by atoms with E-state index >= 15 is 0 Å². The zero-order valence-electron chi connectivity index (χ0n) is 16.5. The highest BCUT2D eigenvalue weighted by Gasteiger charge is 2.29. The molecule has 0 spiro atoms. The predicted octanol–water partition coefficient (Wildman–Crippen LogP) is 2.43. The Labute approximate surface area is 166 Å². The van der Waals surface area contributed by atoms with Crippen molar-refractivity contribution in [2.24, 2.45) is 0 Å². The largest absolute Gasteiger partial charge is 0.497 e. The summed E-state index contributed by atoms with van der Waals surface area (Å²) in [5, 5.41) is 2.80. The van der Waals surface area contributed by atoms with Gasteiger partial charge in [0.25, 0.3) is 0 Å². The van der Waals surface area contributed by atoms with Crippen molar-refractivity contribution in [1.82, 2.24) is 5.32 Å². The van der Waals surface area contributed by atoms with Crippen molar-refractivity contribution in [2.45, 2.75) is 25.9 Å². The van der Waals surface area contributed by atoms with Crippen LogP contribution < -0.4 is 19.1 Å². The Morgan fingerprint density at radius 3 is 2.14 bits per heavy atom. The SMILES string of the molecule is COc1ccc(OC[C@H](C)NC(=O)[C@H](C)N(c2ccccc2)S(C)(=O)=O)cc1. The summed E-state index contributed by atoms with van der Waals surface area (Å²) in [5.74, 6) is 0.974. The van der Waals surface area contributed by atoms with E-state index in [1.54, 1.807) is 75.6 Å². The molecule has 1 amide bonds. The summed E-state index contributed by atoms with van der Waals surface area (Å²) in [4.78, 5) is 12.6. The summed E-state index contributed by atoms with van der Waals surface area (Å²) in [7, 11) is -2.04. The van der Waals surface area contributed by atoms with E-state index in [0.717, 1.165) is 16.3 Å². The molecule has 0 aromatic heterocycles. The lowest BCUT2D eigenvalue weighted by Crippen LogP contribution is -2.50. The fourth-order valence-electron chi connectivity index (χ4n) is 2.68. The molecule has 2 atom stereocenters. The minimum Gasteiger partial charge on any atom is -0.497 e. The fourth-order valence-corrected chi connectivity index (χ4v) is 3.86. The molecule has 2 aromatic carbocycles. The highest BCUT2D eigenvalue weighted by Crippen LogP contribution is 2.20. The van der Waals surface area contributed by atoms with Gasteiger partial charge in [-0.1, -0.05) is 18.2 Å². The van der Waals surface area contributed by atoms with Gasteiger partial charge in [-0.3, -0.25) is 9.10 Å². The van der Waals surface area contributed by atoms with E-state index in [1.807, 2.05) is 0 Å². The van der Waals surface area contributed by atoms with E-state index in [9.17, 15) is 13.2 Å². The number of methoxy groups -OCH3 is 1. The molecule has 0 fully saturated rings. The van der Waals surface area contributed by atoms with Crippen LogP contribution in [0.4, 0.5) is 5.69 Å². The Morgan fingerprint density at radius 2 is 1.61 bits per heavy atom. The third-order valence-corrected chi connectivity index (χ3v) is 5.29. The predicted molar refractivity (Wildman–Crippen MR) is 109 cm³/mol. The van der Waals surface area contributed by atoms with Crippen LogP contribution >= 0.6 is 0 Å². The first-order valence-electron chi connectivity index (χ1n) is 8.84. The average molecular weight is 407 g/mol. The van der Waals surface area contributed by atoms with Crippen molar-refractivity contribution in [3.8, 4) is 11.5 Å². The third kappa shape index (κ3) is 5.88. The summed E-state index contributed by atoms with van der Waals surface area (Å²) < 4.78 is 36.3. The number of hydrogen-bond acceptors (Lipinski definition) is 5. The van der Waals surface area contributed by atoms with E-state index in [4.69, 9.17) is 9.47 Å². The Bertz CT molecular complexity index is 869. The second kappa shape index (κ2) is 9.45. The van der Waals surface area contributed by atoms with Gasteiger partial charge in [-0.15, -0.1) is 0 Å². The molecule has 0 heterocycles. The molecule has 0 saturated heterocycles. The van der Waals surface area contributed by atoms with Crippen molar-refractivity contribution in [1.29, 1.82) is 0 Å². The number of nitrogens with one attached hydrogen (secondary N) is 1. The van der Waals surface area contributed by atoms with Crippen LogP contribution in [-0.2, 0) is 14.8 Å². The van der Waals surface area contributed by atoms with E-state index in [0.29, 0.717) is 11.4 Å². The molecule has 0 aliphatic heterocycles. The fraction of sp³-hybridized carbons (Fsp3) is 0.350. The van der Waals surface area contributed by atoms with Gasteiger partial charge in [-0.25, -0.2) is 8.42 Å². The number of hydrogen-bond donors (Lipinski definition) is 1. The van der Waals surface area contributed by atoms with Gasteiger partial charge in [0.2, 0.25) is 15.9 Å². The number of sulfonamides is 1. The molecule has 2 aromatic rings. The van der Waals surface area contributed by atoms with Gasteiger partial charge in [0.05, 0.1) is 25.1 Å². The molecule has 0 aliphatic carbocycles. The molecular formula is C20H26N2O5S.